The number of nitrogens with one attached hydrogen (secondary N) is 1. The van der Waals surface area contributed by atoms with Crippen LogP contribution in [0.15, 0.2) is 6.20 Å². The van der Waals surface area contributed by atoms with Crippen molar-refractivity contribution in [2.45, 2.75) is 51.6 Å². The third-order valence-electron chi connectivity index (χ3n) is 3.66. The molecule has 1 fully saturated rings. The van der Waals surface area contributed by atoms with E-state index in [2.05, 4.69) is 17.3 Å². The van der Waals surface area contributed by atoms with Gasteiger partial charge in [0.1, 0.15) is 5.69 Å². The van der Waals surface area contributed by atoms with Gasteiger partial charge in [-0.15, -0.1) is 0 Å². The normalized spacial score (nSPS) is 23.5. The van der Waals surface area contributed by atoms with Crippen LogP contribution in [0.2, 0.25) is 5.02 Å². The van der Waals surface area contributed by atoms with Crippen molar-refractivity contribution < 1.29 is 4.79 Å². The molecule has 1 unspecified atom stereocenters. The van der Waals surface area contributed by atoms with E-state index in [0.717, 1.165) is 32.2 Å². The van der Waals surface area contributed by atoms with Gasteiger partial charge in [0.2, 0.25) is 5.78 Å². The zero-order valence-corrected chi connectivity index (χ0v) is 11.8. The standard InChI is InChI=1S/C13H20ClN3O/c1-3-6-13(7-5-8-15-13)12(18)11-10(14)9-16-17(11)4-2/h9,15H,3-8H2,1-2H3. The van der Waals surface area contributed by atoms with Gasteiger partial charge >= 0.3 is 0 Å². The molecule has 0 radical (unpaired) electrons. The fourth-order valence-corrected chi connectivity index (χ4v) is 3.04. The van der Waals surface area contributed by atoms with Crippen LogP contribution >= 0.6 is 11.6 Å². The molecule has 5 heteroatoms. The highest BCUT2D eigenvalue weighted by Gasteiger charge is 2.42. The maximum absolute atomic E-state index is 12.8. The topological polar surface area (TPSA) is 46.9 Å². The highest BCUT2D eigenvalue weighted by Crippen LogP contribution is 2.31. The van der Waals surface area contributed by atoms with Crippen LogP contribution in [0.1, 0.15) is 50.0 Å². The number of aromatic nitrogens is 2. The zero-order valence-electron chi connectivity index (χ0n) is 11.0. The van der Waals surface area contributed by atoms with E-state index in [0.29, 0.717) is 17.3 Å². The molecule has 1 aromatic rings. The van der Waals surface area contributed by atoms with E-state index in [1.165, 1.54) is 0 Å². The summed E-state index contributed by atoms with van der Waals surface area (Å²) in [6.45, 7) is 5.64. The predicted octanol–water partition coefficient (Wildman–Crippen LogP) is 2.66. The number of hydrogen-bond acceptors (Lipinski definition) is 3. The number of Topliss-reactive ketones (excluding diaryl/α,β-unsaturated/α-hetero) is 1. The molecule has 1 atom stereocenters. The van der Waals surface area contributed by atoms with Crippen molar-refractivity contribution in [3.05, 3.63) is 16.9 Å². The summed E-state index contributed by atoms with van der Waals surface area (Å²) in [7, 11) is 0. The van der Waals surface area contributed by atoms with E-state index in [1.807, 2.05) is 6.92 Å². The fraction of sp³-hybridized carbons (Fsp3) is 0.692. The third kappa shape index (κ3) is 2.19. The average molecular weight is 270 g/mol. The number of halogens is 1. The first-order valence-electron chi connectivity index (χ1n) is 6.65. The van der Waals surface area contributed by atoms with E-state index in [-0.39, 0.29) is 5.78 Å². The molecule has 0 bridgehead atoms. The Bertz CT molecular complexity index is 435. The highest BCUT2D eigenvalue weighted by atomic mass is 35.5. The molecule has 1 aliphatic heterocycles. The molecule has 18 heavy (non-hydrogen) atoms. The summed E-state index contributed by atoms with van der Waals surface area (Å²) < 4.78 is 1.70. The van der Waals surface area contributed by atoms with Crippen molar-refractivity contribution in [1.29, 1.82) is 0 Å². The van der Waals surface area contributed by atoms with Crippen LogP contribution in [0.4, 0.5) is 0 Å². The maximum Gasteiger partial charge on any atom is 0.202 e. The van der Waals surface area contributed by atoms with Gasteiger partial charge in [-0.2, -0.15) is 5.10 Å². The lowest BCUT2D eigenvalue weighted by atomic mass is 9.85. The number of rotatable bonds is 5. The lowest BCUT2D eigenvalue weighted by Crippen LogP contribution is -2.48. The summed E-state index contributed by atoms with van der Waals surface area (Å²) in [6.07, 6.45) is 5.34. The Hall–Kier alpha value is -0.870. The molecule has 1 saturated heterocycles. The first kappa shape index (κ1) is 13.6. The Morgan fingerprint density at radius 1 is 1.61 bits per heavy atom. The van der Waals surface area contributed by atoms with Crippen LogP contribution in [0.3, 0.4) is 0 Å². The second-order valence-electron chi connectivity index (χ2n) is 4.85. The average Bonchev–Trinajstić information content (AvgIpc) is 2.96. The molecule has 0 aliphatic carbocycles. The minimum atomic E-state index is -0.425. The Morgan fingerprint density at radius 2 is 2.39 bits per heavy atom. The number of nitrogens with zero attached hydrogens (tertiary/aromatic N) is 2. The van der Waals surface area contributed by atoms with Crippen LogP contribution in [-0.4, -0.2) is 27.6 Å². The molecule has 4 nitrogen and oxygen atoms in total. The first-order valence-corrected chi connectivity index (χ1v) is 7.03. The molecule has 0 amide bonds. The second-order valence-corrected chi connectivity index (χ2v) is 5.26. The van der Waals surface area contributed by atoms with Gasteiger partial charge in [0, 0.05) is 6.54 Å². The van der Waals surface area contributed by atoms with Crippen molar-refractivity contribution >= 4 is 17.4 Å². The Morgan fingerprint density at radius 3 is 2.94 bits per heavy atom. The second kappa shape index (κ2) is 5.41. The molecule has 100 valence electrons. The minimum absolute atomic E-state index is 0.103. The van der Waals surface area contributed by atoms with E-state index >= 15 is 0 Å². The molecule has 1 aromatic heterocycles. The smallest absolute Gasteiger partial charge is 0.202 e. The number of aryl methyl sites for hydroxylation is 1. The van der Waals surface area contributed by atoms with Gasteiger partial charge in [0.05, 0.1) is 16.8 Å². The number of ketones is 1. The van der Waals surface area contributed by atoms with Gasteiger partial charge < -0.3 is 5.32 Å². The largest absolute Gasteiger partial charge is 0.305 e. The lowest BCUT2D eigenvalue weighted by Gasteiger charge is -2.27. The van der Waals surface area contributed by atoms with E-state index in [9.17, 15) is 4.79 Å². The summed E-state index contributed by atoms with van der Waals surface area (Å²) in [6, 6.07) is 0. The third-order valence-corrected chi connectivity index (χ3v) is 3.94. The van der Waals surface area contributed by atoms with Crippen molar-refractivity contribution in [2.24, 2.45) is 0 Å². The summed E-state index contributed by atoms with van der Waals surface area (Å²) >= 11 is 6.13. The molecule has 2 rings (SSSR count). The van der Waals surface area contributed by atoms with Gasteiger partial charge in [-0.3, -0.25) is 9.48 Å². The lowest BCUT2D eigenvalue weighted by molar-refractivity contribution is 0.0846. The van der Waals surface area contributed by atoms with Crippen LogP contribution in [-0.2, 0) is 6.54 Å². The Kier molecular flexibility index (Phi) is 4.07. The molecule has 0 aromatic carbocycles. The van der Waals surface area contributed by atoms with Gasteiger partial charge in [-0.25, -0.2) is 0 Å². The predicted molar refractivity (Wildman–Crippen MR) is 72.1 cm³/mol. The Labute approximate surface area is 113 Å². The van der Waals surface area contributed by atoms with E-state index < -0.39 is 5.54 Å². The highest BCUT2D eigenvalue weighted by molar-refractivity contribution is 6.34. The van der Waals surface area contributed by atoms with Crippen molar-refractivity contribution in [3.8, 4) is 0 Å². The Balaban J connectivity index is 2.36. The number of carbonyl (C=O) groups is 1. The van der Waals surface area contributed by atoms with Crippen LogP contribution in [0.5, 0.6) is 0 Å². The summed E-state index contributed by atoms with van der Waals surface area (Å²) in [5, 5.41) is 8.01. The van der Waals surface area contributed by atoms with Crippen LogP contribution in [0.25, 0.3) is 0 Å². The molecule has 1 N–H and O–H groups in total. The van der Waals surface area contributed by atoms with Crippen LogP contribution in [0, 0.1) is 0 Å². The van der Waals surface area contributed by atoms with Gasteiger partial charge in [-0.05, 0) is 32.7 Å². The monoisotopic (exact) mass is 269 g/mol. The molecular formula is C13H20ClN3O. The summed E-state index contributed by atoms with van der Waals surface area (Å²) in [5.74, 6) is 0.103. The van der Waals surface area contributed by atoms with E-state index in [1.54, 1.807) is 10.9 Å². The fourth-order valence-electron chi connectivity index (χ4n) is 2.81. The van der Waals surface area contributed by atoms with Crippen molar-refractivity contribution in [1.82, 2.24) is 15.1 Å². The zero-order chi connectivity index (χ0) is 13.2. The maximum atomic E-state index is 12.8. The summed E-state index contributed by atoms with van der Waals surface area (Å²) in [4.78, 5) is 12.8. The van der Waals surface area contributed by atoms with Crippen LogP contribution < -0.4 is 5.32 Å². The van der Waals surface area contributed by atoms with Gasteiger partial charge in [0.25, 0.3) is 0 Å². The van der Waals surface area contributed by atoms with Gasteiger partial charge in [0.15, 0.2) is 0 Å². The molecule has 0 spiro atoms. The van der Waals surface area contributed by atoms with E-state index in [4.69, 9.17) is 11.6 Å². The van der Waals surface area contributed by atoms with Gasteiger partial charge in [-0.1, -0.05) is 24.9 Å². The molecule has 2 heterocycles. The minimum Gasteiger partial charge on any atom is -0.305 e. The SMILES string of the molecule is CCCC1(C(=O)c2c(Cl)cnn2CC)CCCN1. The van der Waals surface area contributed by atoms with Crippen molar-refractivity contribution in [2.75, 3.05) is 6.54 Å². The molecular weight excluding hydrogens is 250 g/mol. The summed E-state index contributed by atoms with van der Waals surface area (Å²) in [5.41, 5.74) is 0.132. The molecule has 0 saturated carbocycles. The van der Waals surface area contributed by atoms with Crippen molar-refractivity contribution in [3.63, 3.8) is 0 Å². The number of carbonyl (C=O) groups excluding carboxylic acids is 1. The first-order chi connectivity index (χ1) is 8.64. The number of hydrogen-bond donors (Lipinski definition) is 1. The molecule has 1 aliphatic rings. The quantitative estimate of drug-likeness (QED) is 0.836.